The summed E-state index contributed by atoms with van der Waals surface area (Å²) in [7, 11) is -4.36. The molecule has 4 rings (SSSR count). The molecule has 2 amide bonds. The SMILES string of the molecule is CC(OC(=O)C(C)C)OC(=O)N1CC(c2ccc(O)c(N3CC(=O)NS3(=O)=O)c2F)=C[C@@H]1CCC1CC1. The molecular weight excluding hydrogens is 509 g/mol. The Morgan fingerprint density at radius 3 is 2.46 bits per heavy atom. The van der Waals surface area contributed by atoms with Crippen LogP contribution >= 0.6 is 0 Å². The zero-order valence-electron chi connectivity index (χ0n) is 20.8. The molecule has 2 aliphatic heterocycles. The number of phenols is 1. The topological polar surface area (TPSA) is 143 Å². The predicted octanol–water partition coefficient (Wildman–Crippen LogP) is 2.65. The van der Waals surface area contributed by atoms with Gasteiger partial charge in [-0.1, -0.05) is 32.8 Å². The average Bonchev–Trinajstić information content (AvgIpc) is 3.46. The minimum Gasteiger partial charge on any atom is -0.506 e. The number of carbonyl (C=O) groups is 3. The summed E-state index contributed by atoms with van der Waals surface area (Å²) in [4.78, 5) is 37.9. The van der Waals surface area contributed by atoms with E-state index in [4.69, 9.17) is 9.47 Å². The van der Waals surface area contributed by atoms with Crippen molar-refractivity contribution in [3.8, 4) is 5.75 Å². The molecule has 2 heterocycles. The monoisotopic (exact) mass is 539 g/mol. The Labute approximate surface area is 214 Å². The summed E-state index contributed by atoms with van der Waals surface area (Å²) in [6.45, 7) is 4.01. The molecule has 1 saturated carbocycles. The number of ether oxygens (including phenoxy) is 2. The van der Waals surface area contributed by atoms with Crippen molar-refractivity contribution >= 4 is 39.4 Å². The molecule has 11 nitrogen and oxygen atoms in total. The quantitative estimate of drug-likeness (QED) is 0.379. The van der Waals surface area contributed by atoms with Crippen LogP contribution < -0.4 is 9.03 Å². The molecule has 2 N–H and O–H groups in total. The van der Waals surface area contributed by atoms with Crippen LogP contribution in [0.2, 0.25) is 0 Å². The Balaban J connectivity index is 1.58. The molecule has 0 aromatic heterocycles. The van der Waals surface area contributed by atoms with Crippen molar-refractivity contribution in [3.63, 3.8) is 0 Å². The standard InChI is InChI=1S/C24H30FN3O8S/c1-13(2)23(31)35-14(3)36-24(32)27-11-16(10-17(27)7-6-15-4-5-15)18-8-9-19(29)22(21(18)25)28-12-20(30)26-37(28,33)34/h8-10,13-15,17,29H,4-7,11-12H2,1-3H3,(H,26,30)/t14?,17-/m0/s1. The van der Waals surface area contributed by atoms with Crippen LogP contribution in [0.25, 0.3) is 5.57 Å². The first kappa shape index (κ1) is 26.7. The van der Waals surface area contributed by atoms with Crippen molar-refractivity contribution in [2.24, 2.45) is 11.8 Å². The number of hydrogen-bond acceptors (Lipinski definition) is 8. The van der Waals surface area contributed by atoms with Crippen LogP contribution in [0.4, 0.5) is 14.9 Å². The second kappa shape index (κ2) is 10.2. The van der Waals surface area contributed by atoms with Gasteiger partial charge in [-0.2, -0.15) is 8.42 Å². The Hall–Kier alpha value is -3.35. The van der Waals surface area contributed by atoms with Crippen molar-refractivity contribution in [2.75, 3.05) is 17.4 Å². The molecule has 0 spiro atoms. The summed E-state index contributed by atoms with van der Waals surface area (Å²) in [6, 6.07) is 2.00. The van der Waals surface area contributed by atoms with Gasteiger partial charge in [0.2, 0.25) is 6.29 Å². The van der Waals surface area contributed by atoms with Gasteiger partial charge in [-0.3, -0.25) is 14.5 Å². The largest absolute Gasteiger partial charge is 0.506 e. The third kappa shape index (κ3) is 5.81. The minimum atomic E-state index is -4.36. The molecular formula is C24H30FN3O8S. The summed E-state index contributed by atoms with van der Waals surface area (Å²) < 4.78 is 52.9. The Morgan fingerprint density at radius 2 is 1.86 bits per heavy atom. The number of carbonyl (C=O) groups excluding carboxylic acids is 3. The number of rotatable bonds is 8. The second-order valence-electron chi connectivity index (χ2n) is 9.78. The first-order valence-electron chi connectivity index (χ1n) is 12.1. The Kier molecular flexibility index (Phi) is 7.36. The van der Waals surface area contributed by atoms with Crippen LogP contribution in [0.15, 0.2) is 18.2 Å². The molecule has 2 fully saturated rings. The highest BCUT2D eigenvalue weighted by molar-refractivity contribution is 7.92. The third-order valence-electron chi connectivity index (χ3n) is 6.47. The fourth-order valence-electron chi connectivity index (χ4n) is 4.32. The number of amides is 2. The van der Waals surface area contributed by atoms with E-state index in [-0.39, 0.29) is 12.1 Å². The number of nitrogens with one attached hydrogen (secondary N) is 1. The number of nitrogens with zero attached hydrogens (tertiary/aromatic N) is 2. The fourth-order valence-corrected chi connectivity index (χ4v) is 5.49. The third-order valence-corrected chi connectivity index (χ3v) is 7.84. The first-order valence-corrected chi connectivity index (χ1v) is 13.5. The fraction of sp³-hybridized carbons (Fsp3) is 0.542. The number of hydrogen-bond donors (Lipinski definition) is 2. The van der Waals surface area contributed by atoms with Gasteiger partial charge in [0.15, 0.2) is 5.82 Å². The van der Waals surface area contributed by atoms with Crippen molar-refractivity contribution < 1.29 is 41.8 Å². The van der Waals surface area contributed by atoms with Gasteiger partial charge in [-0.15, -0.1) is 0 Å². The number of halogens is 1. The minimum absolute atomic E-state index is 0.0200. The van der Waals surface area contributed by atoms with E-state index in [1.165, 1.54) is 17.9 Å². The van der Waals surface area contributed by atoms with Gasteiger partial charge < -0.3 is 14.6 Å². The molecule has 0 bridgehead atoms. The highest BCUT2D eigenvalue weighted by Crippen LogP contribution is 2.40. The first-order chi connectivity index (χ1) is 17.4. The zero-order chi connectivity index (χ0) is 27.1. The number of aromatic hydroxyl groups is 1. The van der Waals surface area contributed by atoms with Crippen LogP contribution in [0.5, 0.6) is 5.75 Å². The summed E-state index contributed by atoms with van der Waals surface area (Å²) in [5.41, 5.74) is -0.283. The number of anilines is 1. The van der Waals surface area contributed by atoms with Gasteiger partial charge in [0.1, 0.15) is 18.0 Å². The lowest BCUT2D eigenvalue weighted by Crippen LogP contribution is -2.39. The second-order valence-corrected chi connectivity index (χ2v) is 11.4. The lowest BCUT2D eigenvalue weighted by molar-refractivity contribution is -0.169. The Morgan fingerprint density at radius 1 is 1.16 bits per heavy atom. The van der Waals surface area contributed by atoms with Gasteiger partial charge in [-0.05, 0) is 36.5 Å². The summed E-state index contributed by atoms with van der Waals surface area (Å²) in [5, 5.41) is 10.3. The van der Waals surface area contributed by atoms with Crippen molar-refractivity contribution in [1.29, 1.82) is 0 Å². The van der Waals surface area contributed by atoms with Gasteiger partial charge in [0, 0.05) is 12.5 Å². The van der Waals surface area contributed by atoms with E-state index < -0.39 is 70.2 Å². The number of benzene rings is 1. The van der Waals surface area contributed by atoms with Gasteiger partial charge in [0.25, 0.3) is 5.91 Å². The predicted molar refractivity (Wildman–Crippen MR) is 130 cm³/mol. The molecule has 37 heavy (non-hydrogen) atoms. The van der Waals surface area contributed by atoms with Crippen LogP contribution in [0.1, 0.15) is 52.0 Å². The van der Waals surface area contributed by atoms with E-state index in [2.05, 4.69) is 0 Å². The molecule has 13 heteroatoms. The highest BCUT2D eigenvalue weighted by Gasteiger charge is 2.39. The van der Waals surface area contributed by atoms with E-state index in [0.717, 1.165) is 25.3 Å². The van der Waals surface area contributed by atoms with Gasteiger partial charge in [0.05, 0.1) is 18.5 Å². The van der Waals surface area contributed by atoms with E-state index in [0.29, 0.717) is 22.2 Å². The maximum absolute atomic E-state index is 15.7. The summed E-state index contributed by atoms with van der Waals surface area (Å²) >= 11 is 0. The zero-order valence-corrected chi connectivity index (χ0v) is 21.6. The Bertz CT molecular complexity index is 1240. The molecule has 3 aliphatic rings. The number of esters is 1. The molecule has 1 unspecified atom stereocenters. The van der Waals surface area contributed by atoms with E-state index >= 15 is 4.39 Å². The van der Waals surface area contributed by atoms with Crippen molar-refractivity contribution in [3.05, 3.63) is 29.6 Å². The van der Waals surface area contributed by atoms with Crippen LogP contribution in [-0.4, -0.2) is 61.8 Å². The molecule has 0 radical (unpaired) electrons. The van der Waals surface area contributed by atoms with Gasteiger partial charge >= 0.3 is 22.3 Å². The van der Waals surface area contributed by atoms with E-state index in [1.807, 2.05) is 0 Å². The lowest BCUT2D eigenvalue weighted by atomic mass is 10.0. The molecule has 1 aromatic carbocycles. The summed E-state index contributed by atoms with van der Waals surface area (Å²) in [6.07, 6.45) is 3.54. The molecule has 1 aliphatic carbocycles. The molecule has 1 aromatic rings. The smallest absolute Gasteiger partial charge is 0.413 e. The molecule has 202 valence electrons. The molecule has 2 atom stereocenters. The van der Waals surface area contributed by atoms with Crippen LogP contribution in [0.3, 0.4) is 0 Å². The van der Waals surface area contributed by atoms with Crippen LogP contribution in [0, 0.1) is 17.7 Å². The normalized spacial score (nSPS) is 21.6. The van der Waals surface area contributed by atoms with E-state index in [1.54, 1.807) is 24.6 Å². The summed E-state index contributed by atoms with van der Waals surface area (Å²) in [5.74, 6) is -2.89. The maximum atomic E-state index is 15.7. The highest BCUT2D eigenvalue weighted by atomic mass is 32.2. The number of phenolic OH excluding ortho intramolecular Hbond substituents is 1. The lowest BCUT2D eigenvalue weighted by Gasteiger charge is -2.26. The molecule has 1 saturated heterocycles. The van der Waals surface area contributed by atoms with Crippen molar-refractivity contribution in [1.82, 2.24) is 9.62 Å². The average molecular weight is 540 g/mol. The van der Waals surface area contributed by atoms with Gasteiger partial charge in [-0.25, -0.2) is 18.2 Å². The van der Waals surface area contributed by atoms with Crippen molar-refractivity contribution in [2.45, 2.75) is 58.8 Å². The maximum Gasteiger partial charge on any atom is 0.413 e. The van der Waals surface area contributed by atoms with E-state index in [9.17, 15) is 27.9 Å². The van der Waals surface area contributed by atoms with Crippen LogP contribution in [-0.2, 0) is 29.3 Å².